The molecule has 2 N–H and O–H groups in total. The maximum absolute atomic E-state index is 12.3. The zero-order valence-electron chi connectivity index (χ0n) is 19.8. The van der Waals surface area contributed by atoms with Gasteiger partial charge in [0.05, 0.1) is 0 Å². The van der Waals surface area contributed by atoms with Gasteiger partial charge < -0.3 is 10.4 Å². The fourth-order valence-corrected chi connectivity index (χ4v) is 4.19. The summed E-state index contributed by atoms with van der Waals surface area (Å²) in [5.41, 5.74) is 0.918. The fraction of sp³-hybridized carbons (Fsp3) is 0.571. The first kappa shape index (κ1) is 25.9. The smallest absolute Gasteiger partial charge is 0.326 e. The molecule has 1 atom stereocenters. The molecular weight excluding hydrogens is 398 g/mol. The van der Waals surface area contributed by atoms with Gasteiger partial charge in [-0.1, -0.05) is 120 Å². The van der Waals surface area contributed by atoms with E-state index in [9.17, 15) is 14.7 Å². The van der Waals surface area contributed by atoms with Crippen molar-refractivity contribution < 1.29 is 14.7 Å². The Morgan fingerprint density at radius 2 is 1.34 bits per heavy atom. The number of aliphatic carboxylic acids is 1. The van der Waals surface area contributed by atoms with Crippen LogP contribution < -0.4 is 5.32 Å². The SMILES string of the molecule is CCCCCCCCCCCCCCC(=O)NC(Cc1ccc2ccccc2c1)C(=O)O. The lowest BCUT2D eigenvalue weighted by molar-refractivity contribution is -0.141. The van der Waals surface area contributed by atoms with Gasteiger partial charge in [-0.2, -0.15) is 0 Å². The molecule has 0 bridgehead atoms. The van der Waals surface area contributed by atoms with Crippen LogP contribution in [0.25, 0.3) is 10.8 Å². The van der Waals surface area contributed by atoms with E-state index >= 15 is 0 Å². The number of hydrogen-bond donors (Lipinski definition) is 2. The second-order valence-electron chi connectivity index (χ2n) is 8.98. The minimum Gasteiger partial charge on any atom is -0.480 e. The molecule has 0 aliphatic heterocycles. The molecule has 0 aliphatic carbocycles. The first-order valence-electron chi connectivity index (χ1n) is 12.6. The number of fused-ring (bicyclic) bond motifs is 1. The Morgan fingerprint density at radius 1 is 0.781 bits per heavy atom. The Morgan fingerprint density at radius 3 is 1.94 bits per heavy atom. The molecule has 1 amide bonds. The maximum atomic E-state index is 12.3. The third-order valence-corrected chi connectivity index (χ3v) is 6.14. The Hall–Kier alpha value is -2.36. The first-order valence-corrected chi connectivity index (χ1v) is 12.6. The Bertz CT molecular complexity index is 817. The number of carbonyl (C=O) groups is 2. The van der Waals surface area contributed by atoms with Crippen LogP contribution in [-0.4, -0.2) is 23.0 Å². The van der Waals surface area contributed by atoms with Crippen molar-refractivity contribution in [2.75, 3.05) is 0 Å². The molecule has 1 unspecified atom stereocenters. The normalized spacial score (nSPS) is 12.0. The highest BCUT2D eigenvalue weighted by molar-refractivity contribution is 5.85. The predicted molar refractivity (Wildman–Crippen MR) is 133 cm³/mol. The third kappa shape index (κ3) is 10.3. The summed E-state index contributed by atoms with van der Waals surface area (Å²) in [6.45, 7) is 2.25. The van der Waals surface area contributed by atoms with Crippen molar-refractivity contribution in [1.29, 1.82) is 0 Å². The molecule has 2 rings (SSSR count). The second kappa shape index (κ2) is 15.4. The van der Waals surface area contributed by atoms with Crippen molar-refractivity contribution in [3.8, 4) is 0 Å². The number of carboxylic acids is 1. The van der Waals surface area contributed by atoms with E-state index in [-0.39, 0.29) is 5.91 Å². The van der Waals surface area contributed by atoms with Gasteiger partial charge in [-0.15, -0.1) is 0 Å². The van der Waals surface area contributed by atoms with Crippen LogP contribution in [0.3, 0.4) is 0 Å². The lowest BCUT2D eigenvalue weighted by Gasteiger charge is -2.15. The van der Waals surface area contributed by atoms with Gasteiger partial charge in [-0.3, -0.25) is 4.79 Å². The monoisotopic (exact) mass is 439 g/mol. The van der Waals surface area contributed by atoms with Crippen LogP contribution in [0.1, 0.15) is 96.0 Å². The molecule has 0 saturated heterocycles. The van der Waals surface area contributed by atoms with Crippen LogP contribution in [0, 0.1) is 0 Å². The average Bonchev–Trinajstić information content (AvgIpc) is 2.79. The quantitative estimate of drug-likeness (QED) is 0.260. The molecule has 4 nitrogen and oxygen atoms in total. The first-order chi connectivity index (χ1) is 15.6. The summed E-state index contributed by atoms with van der Waals surface area (Å²) in [7, 11) is 0. The summed E-state index contributed by atoms with van der Waals surface area (Å²) in [4.78, 5) is 23.9. The highest BCUT2D eigenvalue weighted by Crippen LogP contribution is 2.17. The summed E-state index contributed by atoms with van der Waals surface area (Å²) >= 11 is 0. The predicted octanol–water partition coefficient (Wildman–Crippen LogP) is 7.04. The average molecular weight is 440 g/mol. The lowest BCUT2D eigenvalue weighted by atomic mass is 10.0. The van der Waals surface area contributed by atoms with Crippen molar-refractivity contribution in [1.82, 2.24) is 5.32 Å². The van der Waals surface area contributed by atoms with Gasteiger partial charge in [-0.25, -0.2) is 4.79 Å². The van der Waals surface area contributed by atoms with Gasteiger partial charge >= 0.3 is 5.97 Å². The number of carbonyl (C=O) groups excluding carboxylic acids is 1. The molecule has 0 heterocycles. The number of amides is 1. The number of unbranched alkanes of at least 4 members (excludes halogenated alkanes) is 11. The van der Waals surface area contributed by atoms with E-state index in [0.717, 1.165) is 35.6 Å². The van der Waals surface area contributed by atoms with Crippen molar-refractivity contribution in [3.63, 3.8) is 0 Å². The van der Waals surface area contributed by atoms with Gasteiger partial charge in [0, 0.05) is 12.8 Å². The van der Waals surface area contributed by atoms with E-state index < -0.39 is 12.0 Å². The topological polar surface area (TPSA) is 66.4 Å². The van der Waals surface area contributed by atoms with E-state index in [2.05, 4.69) is 12.2 Å². The van der Waals surface area contributed by atoms with Crippen LogP contribution in [0.2, 0.25) is 0 Å². The minimum absolute atomic E-state index is 0.162. The van der Waals surface area contributed by atoms with Gasteiger partial charge in [0.25, 0.3) is 0 Å². The van der Waals surface area contributed by atoms with E-state index in [1.54, 1.807) is 0 Å². The van der Waals surface area contributed by atoms with Crippen LogP contribution in [0.15, 0.2) is 42.5 Å². The molecule has 2 aromatic rings. The van der Waals surface area contributed by atoms with Crippen LogP contribution in [0.5, 0.6) is 0 Å². The van der Waals surface area contributed by atoms with E-state index in [1.165, 1.54) is 57.8 Å². The molecule has 0 aromatic heterocycles. The van der Waals surface area contributed by atoms with Crippen molar-refractivity contribution >= 4 is 22.6 Å². The third-order valence-electron chi connectivity index (χ3n) is 6.14. The van der Waals surface area contributed by atoms with Crippen LogP contribution in [-0.2, 0) is 16.0 Å². The molecule has 176 valence electrons. The summed E-state index contributed by atoms with van der Waals surface area (Å²) < 4.78 is 0. The van der Waals surface area contributed by atoms with E-state index in [4.69, 9.17) is 0 Å². The molecule has 0 radical (unpaired) electrons. The van der Waals surface area contributed by atoms with Gasteiger partial charge in [0.1, 0.15) is 6.04 Å². The highest BCUT2D eigenvalue weighted by Gasteiger charge is 2.20. The number of nitrogens with one attached hydrogen (secondary N) is 1. The van der Waals surface area contributed by atoms with Crippen LogP contribution in [0.4, 0.5) is 0 Å². The largest absolute Gasteiger partial charge is 0.480 e. The van der Waals surface area contributed by atoms with Crippen molar-refractivity contribution in [3.05, 3.63) is 48.0 Å². The van der Waals surface area contributed by atoms with E-state index in [1.807, 2.05) is 42.5 Å². The number of rotatable bonds is 17. The summed E-state index contributed by atoms with van der Waals surface area (Å²) in [6.07, 6.45) is 15.7. The zero-order chi connectivity index (χ0) is 23.0. The van der Waals surface area contributed by atoms with Gasteiger partial charge in [0.15, 0.2) is 0 Å². The molecule has 4 heteroatoms. The second-order valence-corrected chi connectivity index (χ2v) is 8.98. The molecular formula is C28H41NO3. The summed E-state index contributed by atoms with van der Waals surface area (Å²) in [5.74, 6) is -1.15. The minimum atomic E-state index is -0.985. The molecule has 0 fully saturated rings. The van der Waals surface area contributed by atoms with Crippen LogP contribution >= 0.6 is 0 Å². The zero-order valence-corrected chi connectivity index (χ0v) is 19.8. The summed E-state index contributed by atoms with van der Waals surface area (Å²) in [5, 5.41) is 14.5. The van der Waals surface area contributed by atoms with Crippen molar-refractivity contribution in [2.24, 2.45) is 0 Å². The Balaban J connectivity index is 1.59. The molecule has 0 aliphatic rings. The van der Waals surface area contributed by atoms with Gasteiger partial charge in [-0.05, 0) is 22.8 Å². The highest BCUT2D eigenvalue weighted by atomic mass is 16.4. The lowest BCUT2D eigenvalue weighted by Crippen LogP contribution is -2.42. The number of benzene rings is 2. The molecule has 2 aromatic carbocycles. The van der Waals surface area contributed by atoms with E-state index in [0.29, 0.717) is 12.8 Å². The Kier molecular flexibility index (Phi) is 12.5. The molecule has 32 heavy (non-hydrogen) atoms. The molecule has 0 spiro atoms. The summed E-state index contributed by atoms with van der Waals surface area (Å²) in [6, 6.07) is 13.1. The number of carboxylic acid groups (broad SMARTS) is 1. The maximum Gasteiger partial charge on any atom is 0.326 e. The number of hydrogen-bond acceptors (Lipinski definition) is 2. The Labute approximate surface area is 193 Å². The van der Waals surface area contributed by atoms with Gasteiger partial charge in [0.2, 0.25) is 5.91 Å². The van der Waals surface area contributed by atoms with Crippen molar-refractivity contribution in [2.45, 2.75) is 103 Å². The fourth-order valence-electron chi connectivity index (χ4n) is 4.19. The molecule has 0 saturated carbocycles. The standard InChI is InChI=1S/C28H41NO3/c1-2-3-4-5-6-7-8-9-10-11-12-13-18-27(30)29-26(28(31)32)22-23-19-20-24-16-14-15-17-25(24)21-23/h14-17,19-21,26H,2-13,18,22H2,1H3,(H,29,30)(H,31,32).